The molecule has 23 heavy (non-hydrogen) atoms. The molecule has 1 saturated carbocycles. The Bertz CT molecular complexity index is 422. The molecule has 0 radical (unpaired) electrons. The summed E-state index contributed by atoms with van der Waals surface area (Å²) in [7, 11) is 0. The summed E-state index contributed by atoms with van der Waals surface area (Å²) in [5, 5.41) is 3.01. The van der Waals surface area contributed by atoms with Crippen LogP contribution in [0.3, 0.4) is 0 Å². The predicted octanol–water partition coefficient (Wildman–Crippen LogP) is 2.08. The van der Waals surface area contributed by atoms with Crippen molar-refractivity contribution in [3.63, 3.8) is 0 Å². The Morgan fingerprint density at radius 1 is 1.26 bits per heavy atom. The van der Waals surface area contributed by atoms with Gasteiger partial charge in [-0.3, -0.25) is 9.59 Å². The summed E-state index contributed by atoms with van der Waals surface area (Å²) >= 11 is 0. The zero-order chi connectivity index (χ0) is 16.3. The number of rotatable bonds is 4. The Morgan fingerprint density at radius 2 is 1.87 bits per heavy atom. The van der Waals surface area contributed by atoms with Crippen molar-refractivity contribution < 1.29 is 9.59 Å². The standard InChI is InChI=1S/C17H31N3O2.ClH/c1-12(19-16(22)13-6-4-5-7-13)10-15(21)20-9-8-14(18)17(2,3)11-20;/h12-14H,4-11,18H2,1-3H3,(H,19,22);1H. The summed E-state index contributed by atoms with van der Waals surface area (Å²) in [6, 6.07) is 0.0513. The molecule has 1 aliphatic heterocycles. The maximum atomic E-state index is 12.4. The van der Waals surface area contributed by atoms with E-state index in [-0.39, 0.29) is 47.6 Å². The van der Waals surface area contributed by atoms with Gasteiger partial charge in [0, 0.05) is 37.5 Å². The largest absolute Gasteiger partial charge is 0.353 e. The lowest BCUT2D eigenvalue weighted by Gasteiger charge is -2.42. The van der Waals surface area contributed by atoms with Gasteiger partial charge in [-0.2, -0.15) is 0 Å². The lowest BCUT2D eigenvalue weighted by molar-refractivity contribution is -0.135. The zero-order valence-electron chi connectivity index (χ0n) is 14.6. The third-order valence-corrected chi connectivity index (χ3v) is 5.26. The molecule has 0 spiro atoms. The minimum Gasteiger partial charge on any atom is -0.353 e. The summed E-state index contributed by atoms with van der Waals surface area (Å²) in [4.78, 5) is 26.5. The maximum Gasteiger partial charge on any atom is 0.224 e. The van der Waals surface area contributed by atoms with E-state index in [4.69, 9.17) is 5.73 Å². The average Bonchev–Trinajstić information content (AvgIpc) is 2.95. The van der Waals surface area contributed by atoms with Crippen LogP contribution in [0.1, 0.15) is 59.3 Å². The second kappa shape index (κ2) is 8.34. The topological polar surface area (TPSA) is 75.4 Å². The quantitative estimate of drug-likeness (QED) is 0.819. The van der Waals surface area contributed by atoms with Crippen LogP contribution in [-0.2, 0) is 9.59 Å². The van der Waals surface area contributed by atoms with E-state index < -0.39 is 0 Å². The molecular weight excluding hydrogens is 314 g/mol. The summed E-state index contributed by atoms with van der Waals surface area (Å²) < 4.78 is 0. The molecule has 6 heteroatoms. The van der Waals surface area contributed by atoms with Crippen LogP contribution in [0.5, 0.6) is 0 Å². The van der Waals surface area contributed by atoms with Gasteiger partial charge < -0.3 is 16.0 Å². The van der Waals surface area contributed by atoms with Crippen molar-refractivity contribution >= 4 is 24.2 Å². The molecule has 0 aromatic rings. The number of amides is 2. The van der Waals surface area contributed by atoms with Gasteiger partial charge >= 0.3 is 0 Å². The van der Waals surface area contributed by atoms with Crippen molar-refractivity contribution in [2.45, 2.75) is 71.4 Å². The Labute approximate surface area is 146 Å². The van der Waals surface area contributed by atoms with Crippen LogP contribution in [0.25, 0.3) is 0 Å². The van der Waals surface area contributed by atoms with Crippen LogP contribution in [0.15, 0.2) is 0 Å². The maximum absolute atomic E-state index is 12.4. The Morgan fingerprint density at radius 3 is 2.43 bits per heavy atom. The number of nitrogens with zero attached hydrogens (tertiary/aromatic N) is 1. The van der Waals surface area contributed by atoms with Crippen LogP contribution >= 0.6 is 12.4 Å². The molecule has 0 aromatic carbocycles. The lowest BCUT2D eigenvalue weighted by Crippen LogP contribution is -2.54. The Hall–Kier alpha value is -0.810. The fraction of sp³-hybridized carbons (Fsp3) is 0.882. The summed E-state index contributed by atoms with van der Waals surface area (Å²) in [6.07, 6.45) is 5.50. The second-order valence-corrected chi connectivity index (χ2v) is 7.79. The van der Waals surface area contributed by atoms with Crippen molar-refractivity contribution in [3.8, 4) is 0 Å². The molecule has 1 heterocycles. The average molecular weight is 346 g/mol. The number of nitrogens with one attached hydrogen (secondary N) is 1. The minimum absolute atomic E-state index is 0. The highest BCUT2D eigenvalue weighted by Crippen LogP contribution is 2.28. The Kier molecular flexibility index (Phi) is 7.33. The highest BCUT2D eigenvalue weighted by Gasteiger charge is 2.35. The molecule has 2 unspecified atom stereocenters. The van der Waals surface area contributed by atoms with E-state index in [2.05, 4.69) is 19.2 Å². The highest BCUT2D eigenvalue weighted by atomic mass is 35.5. The van der Waals surface area contributed by atoms with Gasteiger partial charge in [-0.05, 0) is 31.6 Å². The second-order valence-electron chi connectivity index (χ2n) is 7.79. The molecule has 5 nitrogen and oxygen atoms in total. The smallest absolute Gasteiger partial charge is 0.224 e. The van der Waals surface area contributed by atoms with Gasteiger partial charge in [0.15, 0.2) is 0 Å². The number of carbonyl (C=O) groups excluding carboxylic acids is 2. The van der Waals surface area contributed by atoms with E-state index >= 15 is 0 Å². The molecule has 2 rings (SSSR count). The number of likely N-dealkylation sites (tertiary alicyclic amines) is 1. The van der Waals surface area contributed by atoms with Crippen LogP contribution in [-0.4, -0.2) is 41.9 Å². The third-order valence-electron chi connectivity index (χ3n) is 5.26. The normalized spacial score (nSPS) is 25.6. The molecular formula is C17H32ClN3O2. The van der Waals surface area contributed by atoms with Gasteiger partial charge in [-0.15, -0.1) is 12.4 Å². The number of carbonyl (C=O) groups is 2. The molecule has 2 atom stereocenters. The molecule has 1 saturated heterocycles. The fourth-order valence-electron chi connectivity index (χ4n) is 3.58. The highest BCUT2D eigenvalue weighted by molar-refractivity contribution is 5.85. The van der Waals surface area contributed by atoms with Gasteiger partial charge in [-0.1, -0.05) is 26.7 Å². The number of hydrogen-bond acceptors (Lipinski definition) is 3. The minimum atomic E-state index is -0.0979. The predicted molar refractivity (Wildman–Crippen MR) is 94.4 cm³/mol. The first kappa shape index (κ1) is 20.2. The van der Waals surface area contributed by atoms with Crippen molar-refractivity contribution in [1.29, 1.82) is 0 Å². The molecule has 1 aliphatic carbocycles. The van der Waals surface area contributed by atoms with Gasteiger partial charge in [0.25, 0.3) is 0 Å². The van der Waals surface area contributed by atoms with E-state index in [1.54, 1.807) is 0 Å². The molecule has 0 bridgehead atoms. The van der Waals surface area contributed by atoms with Crippen LogP contribution in [0.4, 0.5) is 0 Å². The molecule has 0 aromatic heterocycles. The van der Waals surface area contributed by atoms with Gasteiger partial charge in [0.05, 0.1) is 0 Å². The first-order valence-electron chi connectivity index (χ1n) is 8.63. The molecule has 2 amide bonds. The molecule has 2 fully saturated rings. The number of hydrogen-bond donors (Lipinski definition) is 2. The van der Waals surface area contributed by atoms with Gasteiger partial charge in [0.2, 0.25) is 11.8 Å². The van der Waals surface area contributed by atoms with Crippen LogP contribution in [0.2, 0.25) is 0 Å². The number of halogens is 1. The van der Waals surface area contributed by atoms with Crippen molar-refractivity contribution in [1.82, 2.24) is 10.2 Å². The van der Waals surface area contributed by atoms with Crippen molar-refractivity contribution in [2.24, 2.45) is 17.1 Å². The first-order valence-corrected chi connectivity index (χ1v) is 8.63. The zero-order valence-corrected chi connectivity index (χ0v) is 15.5. The van der Waals surface area contributed by atoms with Crippen molar-refractivity contribution in [3.05, 3.63) is 0 Å². The Balaban J connectivity index is 0.00000264. The van der Waals surface area contributed by atoms with E-state index in [1.807, 2.05) is 11.8 Å². The van der Waals surface area contributed by atoms with E-state index in [0.717, 1.165) is 38.6 Å². The monoisotopic (exact) mass is 345 g/mol. The SMILES string of the molecule is CC(CC(=O)N1CCC(N)C(C)(C)C1)NC(=O)C1CCCC1.Cl. The van der Waals surface area contributed by atoms with E-state index in [9.17, 15) is 9.59 Å². The van der Waals surface area contributed by atoms with Crippen molar-refractivity contribution in [2.75, 3.05) is 13.1 Å². The van der Waals surface area contributed by atoms with Gasteiger partial charge in [-0.25, -0.2) is 0 Å². The third kappa shape index (κ3) is 5.35. The molecule has 134 valence electrons. The summed E-state index contributed by atoms with van der Waals surface area (Å²) in [6.45, 7) is 7.58. The fourth-order valence-corrected chi connectivity index (χ4v) is 3.58. The summed E-state index contributed by atoms with van der Waals surface area (Å²) in [5.41, 5.74) is 6.08. The summed E-state index contributed by atoms with van der Waals surface area (Å²) in [5.74, 6) is 0.405. The van der Waals surface area contributed by atoms with Crippen LogP contribution < -0.4 is 11.1 Å². The van der Waals surface area contributed by atoms with E-state index in [0.29, 0.717) is 13.0 Å². The van der Waals surface area contributed by atoms with Gasteiger partial charge in [0.1, 0.15) is 0 Å². The lowest BCUT2D eigenvalue weighted by atomic mass is 9.79. The van der Waals surface area contributed by atoms with Crippen LogP contribution in [0, 0.1) is 11.3 Å². The van der Waals surface area contributed by atoms with E-state index in [1.165, 1.54) is 0 Å². The molecule has 2 aliphatic rings. The molecule has 3 N–H and O–H groups in total. The number of piperidine rings is 1. The number of nitrogens with two attached hydrogens (primary N) is 1. The first-order chi connectivity index (χ1) is 10.3.